The molecule has 0 aliphatic carbocycles. The van der Waals surface area contributed by atoms with Gasteiger partial charge in [-0.2, -0.15) is 0 Å². The summed E-state index contributed by atoms with van der Waals surface area (Å²) in [7, 11) is 0. The molecular formula is C18H17BrN4O3S. The monoisotopic (exact) mass is 448 g/mol. The predicted molar refractivity (Wildman–Crippen MR) is 112 cm³/mol. The molecule has 1 saturated heterocycles. The van der Waals surface area contributed by atoms with E-state index in [4.69, 9.17) is 12.2 Å². The molecule has 0 radical (unpaired) electrons. The zero-order chi connectivity index (χ0) is 19.4. The summed E-state index contributed by atoms with van der Waals surface area (Å²) in [6.45, 7) is 1.57. The molecule has 0 saturated carbocycles. The number of halogens is 1. The largest absolute Gasteiger partial charge is 0.366 e. The topological polar surface area (TPSA) is 87.5 Å². The van der Waals surface area contributed by atoms with Crippen molar-refractivity contribution < 1.29 is 9.72 Å². The van der Waals surface area contributed by atoms with Gasteiger partial charge in [0.25, 0.3) is 11.6 Å². The Kier molecular flexibility index (Phi) is 6.02. The Morgan fingerprint density at radius 3 is 2.59 bits per heavy atom. The van der Waals surface area contributed by atoms with Crippen molar-refractivity contribution in [1.29, 1.82) is 0 Å². The minimum atomic E-state index is -0.501. The molecule has 1 heterocycles. The minimum Gasteiger partial charge on any atom is -0.366 e. The molecular weight excluding hydrogens is 432 g/mol. The third-order valence-corrected chi connectivity index (χ3v) is 4.89. The van der Waals surface area contributed by atoms with Crippen molar-refractivity contribution in [3.05, 3.63) is 62.6 Å². The quantitative estimate of drug-likeness (QED) is 0.416. The number of carbonyl (C=O) groups excluding carboxylic acids is 1. The van der Waals surface area contributed by atoms with Crippen LogP contribution in [0.3, 0.4) is 0 Å². The van der Waals surface area contributed by atoms with Crippen LogP contribution in [-0.2, 0) is 0 Å². The molecule has 2 aromatic carbocycles. The van der Waals surface area contributed by atoms with Crippen LogP contribution >= 0.6 is 28.1 Å². The summed E-state index contributed by atoms with van der Waals surface area (Å²) in [6, 6.07) is 11.8. The van der Waals surface area contributed by atoms with Crippen LogP contribution in [0.25, 0.3) is 0 Å². The number of nitrogens with one attached hydrogen (secondary N) is 2. The Morgan fingerprint density at radius 2 is 1.93 bits per heavy atom. The first-order valence-electron chi connectivity index (χ1n) is 8.35. The Morgan fingerprint density at radius 1 is 1.19 bits per heavy atom. The fraction of sp³-hybridized carbons (Fsp3) is 0.222. The third-order valence-electron chi connectivity index (χ3n) is 4.19. The van der Waals surface area contributed by atoms with Crippen molar-refractivity contribution in [3.8, 4) is 0 Å². The zero-order valence-corrected chi connectivity index (χ0v) is 16.7. The summed E-state index contributed by atoms with van der Waals surface area (Å²) in [5.74, 6) is -0.501. The molecule has 0 unspecified atom stereocenters. The van der Waals surface area contributed by atoms with Crippen LogP contribution in [0.5, 0.6) is 0 Å². The summed E-state index contributed by atoms with van der Waals surface area (Å²) in [4.78, 5) is 25.4. The zero-order valence-electron chi connectivity index (χ0n) is 14.3. The predicted octanol–water partition coefficient (Wildman–Crippen LogP) is 4.08. The van der Waals surface area contributed by atoms with E-state index < -0.39 is 10.8 Å². The number of hydrogen-bond acceptors (Lipinski definition) is 5. The van der Waals surface area contributed by atoms with Gasteiger partial charge in [-0.1, -0.05) is 22.0 Å². The SMILES string of the molecule is O=C(NC(=S)Nc1cccc(Br)c1)c1ccc(N2CCCC2)c([N+](=O)[O-])c1. The standard InChI is InChI=1S/C18H17BrN4O3S/c19-13-4-3-5-14(11-13)20-18(27)21-17(24)12-6-7-15(16(10-12)23(25)26)22-8-1-2-9-22/h3-7,10-11H,1-2,8-9H2,(H2,20,21,24,27). The van der Waals surface area contributed by atoms with Crippen LogP contribution in [0.1, 0.15) is 23.2 Å². The van der Waals surface area contributed by atoms with Crippen LogP contribution in [-0.4, -0.2) is 29.0 Å². The summed E-state index contributed by atoms with van der Waals surface area (Å²) in [5.41, 5.74) is 1.37. The van der Waals surface area contributed by atoms with E-state index in [2.05, 4.69) is 26.6 Å². The van der Waals surface area contributed by atoms with E-state index in [9.17, 15) is 14.9 Å². The van der Waals surface area contributed by atoms with Crippen molar-refractivity contribution >= 4 is 56.2 Å². The Balaban J connectivity index is 1.73. The van der Waals surface area contributed by atoms with Crippen molar-refractivity contribution in [2.45, 2.75) is 12.8 Å². The van der Waals surface area contributed by atoms with Gasteiger partial charge in [-0.15, -0.1) is 0 Å². The molecule has 0 bridgehead atoms. The first-order chi connectivity index (χ1) is 12.9. The number of rotatable bonds is 4. The number of hydrogen-bond donors (Lipinski definition) is 2. The second-order valence-corrected chi connectivity index (χ2v) is 7.40. The number of benzene rings is 2. The van der Waals surface area contributed by atoms with Crippen molar-refractivity contribution in [2.75, 3.05) is 23.3 Å². The maximum atomic E-state index is 12.4. The van der Waals surface area contributed by atoms with Crippen LogP contribution in [0.15, 0.2) is 46.9 Å². The van der Waals surface area contributed by atoms with E-state index >= 15 is 0 Å². The Hall–Kier alpha value is -2.52. The molecule has 0 spiro atoms. The highest BCUT2D eigenvalue weighted by atomic mass is 79.9. The molecule has 1 aliphatic heterocycles. The number of carbonyl (C=O) groups is 1. The van der Waals surface area contributed by atoms with E-state index in [1.54, 1.807) is 18.2 Å². The van der Waals surface area contributed by atoms with Crippen LogP contribution in [0, 0.1) is 10.1 Å². The Bertz CT molecular complexity index is 900. The average Bonchev–Trinajstić information content (AvgIpc) is 3.15. The van der Waals surface area contributed by atoms with E-state index in [0.717, 1.165) is 30.4 Å². The van der Waals surface area contributed by atoms with Crippen molar-refractivity contribution in [1.82, 2.24) is 5.32 Å². The lowest BCUT2D eigenvalue weighted by Crippen LogP contribution is -2.34. The number of nitro benzene ring substituents is 1. The van der Waals surface area contributed by atoms with Gasteiger partial charge in [-0.25, -0.2) is 0 Å². The molecule has 140 valence electrons. The maximum Gasteiger partial charge on any atom is 0.293 e. The van der Waals surface area contributed by atoms with Gasteiger partial charge in [0.2, 0.25) is 0 Å². The lowest BCUT2D eigenvalue weighted by molar-refractivity contribution is -0.384. The number of amides is 1. The highest BCUT2D eigenvalue weighted by molar-refractivity contribution is 9.10. The van der Waals surface area contributed by atoms with Crippen LogP contribution in [0.4, 0.5) is 17.1 Å². The van der Waals surface area contributed by atoms with Gasteiger partial charge < -0.3 is 10.2 Å². The summed E-state index contributed by atoms with van der Waals surface area (Å²) < 4.78 is 0.870. The molecule has 3 rings (SSSR count). The molecule has 7 nitrogen and oxygen atoms in total. The van der Waals surface area contributed by atoms with E-state index in [-0.39, 0.29) is 16.4 Å². The third kappa shape index (κ3) is 4.81. The van der Waals surface area contributed by atoms with Gasteiger partial charge in [0.1, 0.15) is 5.69 Å². The van der Waals surface area contributed by atoms with Gasteiger partial charge >= 0.3 is 0 Å². The maximum absolute atomic E-state index is 12.4. The second kappa shape index (κ2) is 8.45. The fourth-order valence-electron chi connectivity index (χ4n) is 2.94. The Labute approximate surface area is 170 Å². The van der Waals surface area contributed by atoms with E-state index in [1.165, 1.54) is 6.07 Å². The van der Waals surface area contributed by atoms with Gasteiger partial charge in [0.15, 0.2) is 5.11 Å². The highest BCUT2D eigenvalue weighted by Gasteiger charge is 2.24. The van der Waals surface area contributed by atoms with Gasteiger partial charge in [0, 0.05) is 34.9 Å². The van der Waals surface area contributed by atoms with Gasteiger partial charge in [-0.05, 0) is 55.4 Å². The molecule has 2 aromatic rings. The fourth-order valence-corrected chi connectivity index (χ4v) is 3.55. The van der Waals surface area contributed by atoms with Crippen molar-refractivity contribution in [3.63, 3.8) is 0 Å². The van der Waals surface area contributed by atoms with Gasteiger partial charge in [-0.3, -0.25) is 20.2 Å². The molecule has 1 aliphatic rings. The molecule has 9 heteroatoms. The minimum absolute atomic E-state index is 0.0737. The summed E-state index contributed by atoms with van der Waals surface area (Å²) >= 11 is 8.51. The first-order valence-corrected chi connectivity index (χ1v) is 9.55. The lowest BCUT2D eigenvalue weighted by atomic mass is 10.1. The molecule has 2 N–H and O–H groups in total. The van der Waals surface area contributed by atoms with E-state index in [0.29, 0.717) is 11.4 Å². The molecule has 0 aromatic heterocycles. The first kappa shape index (κ1) is 19.2. The number of nitrogens with zero attached hydrogens (tertiary/aromatic N) is 2. The van der Waals surface area contributed by atoms with Crippen molar-refractivity contribution in [2.24, 2.45) is 0 Å². The normalized spacial score (nSPS) is 13.3. The van der Waals surface area contributed by atoms with Gasteiger partial charge in [0.05, 0.1) is 4.92 Å². The number of thiocarbonyl (C=S) groups is 1. The lowest BCUT2D eigenvalue weighted by Gasteiger charge is -2.18. The van der Waals surface area contributed by atoms with Crippen LogP contribution < -0.4 is 15.5 Å². The smallest absolute Gasteiger partial charge is 0.293 e. The number of anilines is 2. The van der Waals surface area contributed by atoms with Crippen LogP contribution in [0.2, 0.25) is 0 Å². The molecule has 27 heavy (non-hydrogen) atoms. The second-order valence-electron chi connectivity index (χ2n) is 6.07. The molecule has 1 amide bonds. The summed E-state index contributed by atoms with van der Waals surface area (Å²) in [5, 5.41) is 17.0. The average molecular weight is 449 g/mol. The number of nitro groups is 1. The molecule has 0 atom stereocenters. The highest BCUT2D eigenvalue weighted by Crippen LogP contribution is 2.31. The van der Waals surface area contributed by atoms with E-state index in [1.807, 2.05) is 23.1 Å². The summed E-state index contributed by atoms with van der Waals surface area (Å²) in [6.07, 6.45) is 2.02. The molecule has 1 fully saturated rings.